The fraction of sp³-hybridized carbons (Fsp3) is 0.385. The molecular formula is C13H18N2O2S. The Morgan fingerprint density at radius 1 is 1.33 bits per heavy atom. The number of fused-ring (bicyclic) bond motifs is 1. The number of hydrogen-bond acceptors (Lipinski definition) is 4. The fourth-order valence-corrected chi connectivity index (χ4v) is 3.43. The van der Waals surface area contributed by atoms with E-state index in [4.69, 9.17) is 5.73 Å². The first-order chi connectivity index (χ1) is 8.44. The number of nitrogens with two attached hydrogens (primary N) is 1. The van der Waals surface area contributed by atoms with Crippen molar-refractivity contribution in [3.63, 3.8) is 0 Å². The molecule has 0 saturated carbocycles. The van der Waals surface area contributed by atoms with Gasteiger partial charge in [-0.05, 0) is 28.8 Å². The van der Waals surface area contributed by atoms with E-state index >= 15 is 0 Å². The number of benzene rings is 1. The average Bonchev–Trinajstić information content (AvgIpc) is 2.58. The van der Waals surface area contributed by atoms with Crippen molar-refractivity contribution in [1.82, 2.24) is 5.32 Å². The molecule has 1 aliphatic rings. The number of nitrogens with one attached hydrogen (secondary N) is 1. The smallest absolute Gasteiger partial charge is 0.200 e. The predicted molar refractivity (Wildman–Crippen MR) is 72.6 cm³/mol. The zero-order valence-corrected chi connectivity index (χ0v) is 11.4. The van der Waals surface area contributed by atoms with Crippen LogP contribution in [-0.2, 0) is 16.4 Å². The summed E-state index contributed by atoms with van der Waals surface area (Å²) in [4.78, 5) is 0.389. The van der Waals surface area contributed by atoms with Gasteiger partial charge in [-0.25, -0.2) is 8.42 Å². The molecule has 3 N–H and O–H groups in total. The lowest BCUT2D eigenvalue weighted by molar-refractivity contribution is 0.605. The molecule has 0 unspecified atom stereocenters. The van der Waals surface area contributed by atoms with Crippen LogP contribution >= 0.6 is 0 Å². The topological polar surface area (TPSA) is 72.2 Å². The van der Waals surface area contributed by atoms with Crippen molar-refractivity contribution in [1.29, 1.82) is 0 Å². The van der Waals surface area contributed by atoms with Crippen molar-refractivity contribution in [3.8, 4) is 0 Å². The van der Waals surface area contributed by atoms with E-state index in [1.54, 1.807) is 12.1 Å². The van der Waals surface area contributed by atoms with Crippen LogP contribution in [0.25, 0.3) is 5.57 Å². The van der Waals surface area contributed by atoms with Gasteiger partial charge < -0.3 is 11.1 Å². The van der Waals surface area contributed by atoms with Crippen LogP contribution in [0.4, 0.5) is 0 Å². The van der Waals surface area contributed by atoms with E-state index in [1.165, 1.54) is 5.41 Å². The SMILES string of the molecule is CC(C)NCC1=CS(=O)(=O)c2ccc(CN)cc21. The summed E-state index contributed by atoms with van der Waals surface area (Å²) in [5.41, 5.74) is 8.14. The lowest BCUT2D eigenvalue weighted by Crippen LogP contribution is -2.24. The number of rotatable bonds is 4. The lowest BCUT2D eigenvalue weighted by Gasteiger charge is -2.10. The highest BCUT2D eigenvalue weighted by Crippen LogP contribution is 2.33. The van der Waals surface area contributed by atoms with Gasteiger partial charge in [0.25, 0.3) is 0 Å². The first-order valence-electron chi connectivity index (χ1n) is 5.96. The molecule has 0 spiro atoms. The Morgan fingerprint density at radius 3 is 2.67 bits per heavy atom. The van der Waals surface area contributed by atoms with E-state index in [9.17, 15) is 8.42 Å². The summed E-state index contributed by atoms with van der Waals surface area (Å²) in [6.45, 7) is 5.03. The zero-order chi connectivity index (χ0) is 13.3. The van der Waals surface area contributed by atoms with Gasteiger partial charge in [-0.3, -0.25) is 0 Å². The molecule has 0 bridgehead atoms. The van der Waals surface area contributed by atoms with Crippen molar-refractivity contribution < 1.29 is 8.42 Å². The maximum Gasteiger partial charge on any atom is 0.200 e. The Kier molecular flexibility index (Phi) is 3.56. The Hall–Kier alpha value is -1.17. The Bertz CT molecular complexity index is 589. The second-order valence-corrected chi connectivity index (χ2v) is 6.52. The second-order valence-electron chi connectivity index (χ2n) is 4.76. The minimum absolute atomic E-state index is 0.315. The van der Waals surface area contributed by atoms with Crippen LogP contribution in [0.15, 0.2) is 28.5 Å². The highest BCUT2D eigenvalue weighted by molar-refractivity contribution is 7.95. The summed E-state index contributed by atoms with van der Waals surface area (Å²) >= 11 is 0. The first-order valence-corrected chi connectivity index (χ1v) is 7.51. The summed E-state index contributed by atoms with van der Waals surface area (Å²) < 4.78 is 23.9. The van der Waals surface area contributed by atoms with E-state index in [2.05, 4.69) is 5.32 Å². The molecule has 0 saturated heterocycles. The molecule has 1 heterocycles. The molecule has 0 aliphatic carbocycles. The van der Waals surface area contributed by atoms with E-state index in [0.717, 1.165) is 16.7 Å². The van der Waals surface area contributed by atoms with E-state index in [0.29, 0.717) is 24.0 Å². The van der Waals surface area contributed by atoms with Gasteiger partial charge in [0.15, 0.2) is 0 Å². The fourth-order valence-electron chi connectivity index (χ4n) is 1.97. The monoisotopic (exact) mass is 266 g/mol. The Morgan fingerprint density at radius 2 is 2.06 bits per heavy atom. The standard InChI is InChI=1S/C13H18N2O2S/c1-9(2)15-7-11-8-18(16,17)13-4-3-10(6-14)5-12(11)13/h3-5,8-9,15H,6-7,14H2,1-2H3. The molecule has 1 aromatic carbocycles. The quantitative estimate of drug-likeness (QED) is 0.861. The van der Waals surface area contributed by atoms with Crippen LogP contribution in [-0.4, -0.2) is 21.0 Å². The maximum atomic E-state index is 12.0. The summed E-state index contributed by atoms with van der Waals surface area (Å²) in [7, 11) is -3.27. The van der Waals surface area contributed by atoms with Gasteiger partial charge in [0, 0.05) is 24.5 Å². The zero-order valence-electron chi connectivity index (χ0n) is 10.6. The van der Waals surface area contributed by atoms with Gasteiger partial charge in [0.1, 0.15) is 0 Å². The van der Waals surface area contributed by atoms with Crippen LogP contribution < -0.4 is 11.1 Å². The van der Waals surface area contributed by atoms with Gasteiger partial charge >= 0.3 is 0 Å². The lowest BCUT2D eigenvalue weighted by atomic mass is 10.0. The second kappa shape index (κ2) is 4.84. The molecule has 0 atom stereocenters. The summed E-state index contributed by atoms with van der Waals surface area (Å²) in [5.74, 6) is 0. The Balaban J connectivity index is 2.41. The molecule has 0 radical (unpaired) electrons. The average molecular weight is 266 g/mol. The van der Waals surface area contributed by atoms with Crippen LogP contribution in [0.1, 0.15) is 25.0 Å². The largest absolute Gasteiger partial charge is 0.326 e. The van der Waals surface area contributed by atoms with E-state index in [-0.39, 0.29) is 0 Å². The first kappa shape index (κ1) is 13.3. The molecule has 1 aromatic rings. The van der Waals surface area contributed by atoms with Crippen molar-refractivity contribution in [3.05, 3.63) is 34.7 Å². The highest BCUT2D eigenvalue weighted by atomic mass is 32.2. The third kappa shape index (κ3) is 2.48. The van der Waals surface area contributed by atoms with Crippen molar-refractivity contribution >= 4 is 15.4 Å². The number of hydrogen-bond donors (Lipinski definition) is 2. The minimum Gasteiger partial charge on any atom is -0.326 e. The van der Waals surface area contributed by atoms with Gasteiger partial charge in [-0.2, -0.15) is 0 Å². The predicted octanol–water partition coefficient (Wildman–Crippen LogP) is 1.27. The van der Waals surface area contributed by atoms with Crippen molar-refractivity contribution in [2.45, 2.75) is 31.3 Å². The minimum atomic E-state index is -3.27. The van der Waals surface area contributed by atoms with Crippen LogP contribution in [0.5, 0.6) is 0 Å². The number of sulfone groups is 1. The van der Waals surface area contributed by atoms with E-state index < -0.39 is 9.84 Å². The van der Waals surface area contributed by atoms with Crippen LogP contribution in [0.3, 0.4) is 0 Å². The molecule has 98 valence electrons. The van der Waals surface area contributed by atoms with E-state index in [1.807, 2.05) is 19.9 Å². The highest BCUT2D eigenvalue weighted by Gasteiger charge is 2.26. The van der Waals surface area contributed by atoms with Gasteiger partial charge in [0.05, 0.1) is 4.90 Å². The normalized spacial score (nSPS) is 16.8. The summed E-state index contributed by atoms with van der Waals surface area (Å²) in [6, 6.07) is 5.60. The summed E-state index contributed by atoms with van der Waals surface area (Å²) in [6.07, 6.45) is 0. The Labute approximate surface area is 108 Å². The van der Waals surface area contributed by atoms with Gasteiger partial charge in [-0.15, -0.1) is 0 Å². The van der Waals surface area contributed by atoms with Crippen molar-refractivity contribution in [2.75, 3.05) is 6.54 Å². The summed E-state index contributed by atoms with van der Waals surface area (Å²) in [5, 5.41) is 4.59. The molecular weight excluding hydrogens is 248 g/mol. The maximum absolute atomic E-state index is 12.0. The molecule has 0 aromatic heterocycles. The van der Waals surface area contributed by atoms with Crippen LogP contribution in [0, 0.1) is 0 Å². The third-order valence-corrected chi connectivity index (χ3v) is 4.49. The molecule has 18 heavy (non-hydrogen) atoms. The molecule has 4 nitrogen and oxygen atoms in total. The molecule has 1 aliphatic heterocycles. The van der Waals surface area contributed by atoms with Gasteiger partial charge in [0.2, 0.25) is 9.84 Å². The van der Waals surface area contributed by atoms with Crippen LogP contribution in [0.2, 0.25) is 0 Å². The van der Waals surface area contributed by atoms with Crippen molar-refractivity contribution in [2.24, 2.45) is 5.73 Å². The molecule has 0 amide bonds. The van der Waals surface area contributed by atoms with Gasteiger partial charge in [-0.1, -0.05) is 19.9 Å². The molecule has 2 rings (SSSR count). The molecule has 0 fully saturated rings. The molecule has 5 heteroatoms. The third-order valence-electron chi connectivity index (χ3n) is 2.93.